The molecule has 3 N–H and O–H groups in total. The number of carbonyl (C=O) groups is 1. The molecule has 0 aliphatic heterocycles. The van der Waals surface area contributed by atoms with Crippen LogP contribution in [-0.2, 0) is 6.42 Å². The first kappa shape index (κ1) is 14.9. The maximum atomic E-state index is 13.2. The van der Waals surface area contributed by atoms with Gasteiger partial charge in [0.15, 0.2) is 0 Å². The molecular weight excluding hydrogens is 281 g/mol. The van der Waals surface area contributed by atoms with E-state index in [2.05, 4.69) is 5.32 Å². The molecule has 0 unspecified atom stereocenters. The summed E-state index contributed by atoms with van der Waals surface area (Å²) in [4.78, 5) is 11.8. The first-order chi connectivity index (χ1) is 9.97. The first-order valence-electron chi connectivity index (χ1n) is 6.24. The van der Waals surface area contributed by atoms with Gasteiger partial charge < -0.3 is 11.1 Å². The molecule has 0 aliphatic rings. The van der Waals surface area contributed by atoms with Crippen LogP contribution < -0.4 is 11.1 Å². The molecule has 0 saturated carbocycles. The number of nitrogen functional groups attached to an aromatic ring is 1. The van der Waals surface area contributed by atoms with Crippen LogP contribution in [0.4, 0.5) is 18.9 Å². The van der Waals surface area contributed by atoms with Crippen molar-refractivity contribution < 1.29 is 18.0 Å². The zero-order chi connectivity index (χ0) is 15.4. The van der Waals surface area contributed by atoms with Crippen LogP contribution in [0.2, 0.25) is 0 Å². The van der Waals surface area contributed by atoms with Gasteiger partial charge in [-0.15, -0.1) is 0 Å². The van der Waals surface area contributed by atoms with Crippen molar-refractivity contribution in [1.29, 1.82) is 0 Å². The highest BCUT2D eigenvalue weighted by molar-refractivity contribution is 5.99. The number of hydrogen-bond donors (Lipinski definition) is 2. The molecule has 0 aromatic heterocycles. The summed E-state index contributed by atoms with van der Waals surface area (Å²) in [6.07, 6.45) is 0.246. The van der Waals surface area contributed by atoms with E-state index in [0.717, 1.165) is 12.1 Å². The minimum atomic E-state index is -0.675. The number of carbonyl (C=O) groups excluding carboxylic acids is 1. The van der Waals surface area contributed by atoms with Gasteiger partial charge in [-0.25, -0.2) is 13.2 Å². The molecule has 0 atom stereocenters. The van der Waals surface area contributed by atoms with Gasteiger partial charge in [0, 0.05) is 12.6 Å². The van der Waals surface area contributed by atoms with E-state index in [1.54, 1.807) is 0 Å². The van der Waals surface area contributed by atoms with E-state index in [1.165, 1.54) is 24.3 Å². The molecular formula is C15H13F3N2O. The van der Waals surface area contributed by atoms with Crippen molar-refractivity contribution in [3.8, 4) is 0 Å². The van der Waals surface area contributed by atoms with Crippen LogP contribution in [0, 0.1) is 17.5 Å². The Hall–Kier alpha value is -2.50. The number of benzene rings is 2. The molecule has 21 heavy (non-hydrogen) atoms. The summed E-state index contributed by atoms with van der Waals surface area (Å²) in [6.45, 7) is 0.150. The molecule has 6 heteroatoms. The molecule has 2 rings (SSSR count). The lowest BCUT2D eigenvalue weighted by Gasteiger charge is -2.08. The van der Waals surface area contributed by atoms with Gasteiger partial charge in [-0.2, -0.15) is 0 Å². The average molecular weight is 294 g/mol. The van der Waals surface area contributed by atoms with Gasteiger partial charge in [-0.3, -0.25) is 4.79 Å². The molecule has 0 aliphatic carbocycles. The zero-order valence-corrected chi connectivity index (χ0v) is 11.0. The third-order valence-electron chi connectivity index (χ3n) is 2.92. The van der Waals surface area contributed by atoms with Crippen molar-refractivity contribution in [2.24, 2.45) is 0 Å². The van der Waals surface area contributed by atoms with Crippen LogP contribution in [0.15, 0.2) is 36.4 Å². The number of amides is 1. The molecule has 110 valence electrons. The summed E-state index contributed by atoms with van der Waals surface area (Å²) in [5.74, 6) is -2.56. The van der Waals surface area contributed by atoms with Gasteiger partial charge in [0.2, 0.25) is 0 Å². The molecule has 3 nitrogen and oxygen atoms in total. The third-order valence-corrected chi connectivity index (χ3v) is 2.92. The lowest BCUT2D eigenvalue weighted by molar-refractivity contribution is 0.0954. The standard InChI is InChI=1S/C15H13F3N2O/c16-10-6-9(7-11(17)8-10)4-5-20-15(21)12-2-1-3-13(18)14(12)19/h1-3,6-8H,4-5,19H2,(H,20,21). The summed E-state index contributed by atoms with van der Waals surface area (Å²) in [5.41, 5.74) is 5.69. The predicted molar refractivity (Wildman–Crippen MR) is 73.2 cm³/mol. The van der Waals surface area contributed by atoms with Gasteiger partial charge in [-0.1, -0.05) is 6.07 Å². The molecule has 2 aromatic rings. The fourth-order valence-electron chi connectivity index (χ4n) is 1.91. The minimum Gasteiger partial charge on any atom is -0.396 e. The summed E-state index contributed by atoms with van der Waals surface area (Å²) < 4.78 is 39.2. The Labute approximate surface area is 119 Å². The highest BCUT2D eigenvalue weighted by Gasteiger charge is 2.12. The quantitative estimate of drug-likeness (QED) is 0.852. The second-order valence-corrected chi connectivity index (χ2v) is 4.48. The molecule has 0 bridgehead atoms. The SMILES string of the molecule is Nc1c(F)cccc1C(=O)NCCc1cc(F)cc(F)c1. The predicted octanol–water partition coefficient (Wildman–Crippen LogP) is 2.66. The van der Waals surface area contributed by atoms with Crippen LogP contribution in [-0.4, -0.2) is 12.5 Å². The van der Waals surface area contributed by atoms with Gasteiger partial charge >= 0.3 is 0 Å². The fraction of sp³-hybridized carbons (Fsp3) is 0.133. The molecule has 0 heterocycles. The van der Waals surface area contributed by atoms with E-state index in [9.17, 15) is 18.0 Å². The van der Waals surface area contributed by atoms with Crippen LogP contribution >= 0.6 is 0 Å². The Bertz CT molecular complexity index is 654. The molecule has 0 fully saturated rings. The van der Waals surface area contributed by atoms with Crippen molar-refractivity contribution in [2.45, 2.75) is 6.42 Å². The monoisotopic (exact) mass is 294 g/mol. The minimum absolute atomic E-state index is 0.0282. The Morgan fingerprint density at radius 2 is 1.76 bits per heavy atom. The Kier molecular flexibility index (Phi) is 4.47. The summed E-state index contributed by atoms with van der Waals surface area (Å²) in [5, 5.41) is 2.52. The lowest BCUT2D eigenvalue weighted by Crippen LogP contribution is -2.26. The molecule has 1 amide bonds. The van der Waals surface area contributed by atoms with Crippen molar-refractivity contribution in [1.82, 2.24) is 5.32 Å². The second kappa shape index (κ2) is 6.30. The number of nitrogens with two attached hydrogens (primary N) is 1. The highest BCUT2D eigenvalue weighted by atomic mass is 19.1. The van der Waals surface area contributed by atoms with E-state index in [1.807, 2.05) is 0 Å². The van der Waals surface area contributed by atoms with Crippen molar-refractivity contribution >= 4 is 11.6 Å². The van der Waals surface area contributed by atoms with Crippen LogP contribution in [0.5, 0.6) is 0 Å². The number of halogens is 3. The Morgan fingerprint density at radius 3 is 2.43 bits per heavy atom. The topological polar surface area (TPSA) is 55.1 Å². The largest absolute Gasteiger partial charge is 0.396 e. The summed E-state index contributed by atoms with van der Waals surface area (Å²) >= 11 is 0. The summed E-state index contributed by atoms with van der Waals surface area (Å²) in [7, 11) is 0. The first-order valence-corrected chi connectivity index (χ1v) is 6.24. The van der Waals surface area contributed by atoms with E-state index in [4.69, 9.17) is 5.73 Å². The maximum Gasteiger partial charge on any atom is 0.253 e. The second-order valence-electron chi connectivity index (χ2n) is 4.48. The molecule has 0 radical (unpaired) electrons. The average Bonchev–Trinajstić information content (AvgIpc) is 2.40. The Balaban J connectivity index is 1.97. The number of hydrogen-bond acceptors (Lipinski definition) is 2. The van der Waals surface area contributed by atoms with Crippen molar-refractivity contribution in [3.63, 3.8) is 0 Å². The smallest absolute Gasteiger partial charge is 0.253 e. The molecule has 0 spiro atoms. The number of para-hydroxylation sites is 1. The van der Waals surface area contributed by atoms with E-state index in [0.29, 0.717) is 5.56 Å². The maximum absolute atomic E-state index is 13.2. The normalized spacial score (nSPS) is 10.4. The van der Waals surface area contributed by atoms with Crippen LogP contribution in [0.1, 0.15) is 15.9 Å². The van der Waals surface area contributed by atoms with Gasteiger partial charge in [0.1, 0.15) is 17.5 Å². The number of nitrogens with one attached hydrogen (secondary N) is 1. The van der Waals surface area contributed by atoms with E-state index >= 15 is 0 Å². The van der Waals surface area contributed by atoms with Gasteiger partial charge in [0.05, 0.1) is 11.3 Å². The number of rotatable bonds is 4. The van der Waals surface area contributed by atoms with Gasteiger partial charge in [-0.05, 0) is 36.2 Å². The molecule has 2 aromatic carbocycles. The van der Waals surface area contributed by atoms with E-state index in [-0.39, 0.29) is 24.2 Å². The summed E-state index contributed by atoms with van der Waals surface area (Å²) in [6, 6.07) is 7.08. The van der Waals surface area contributed by atoms with Crippen LogP contribution in [0.3, 0.4) is 0 Å². The van der Waals surface area contributed by atoms with Gasteiger partial charge in [0.25, 0.3) is 5.91 Å². The Morgan fingerprint density at radius 1 is 1.10 bits per heavy atom. The fourth-order valence-corrected chi connectivity index (χ4v) is 1.91. The lowest BCUT2D eigenvalue weighted by atomic mass is 10.1. The van der Waals surface area contributed by atoms with Crippen LogP contribution in [0.25, 0.3) is 0 Å². The molecule has 0 saturated heterocycles. The zero-order valence-electron chi connectivity index (χ0n) is 11.0. The van der Waals surface area contributed by atoms with Crippen molar-refractivity contribution in [3.05, 3.63) is 65.0 Å². The highest BCUT2D eigenvalue weighted by Crippen LogP contribution is 2.15. The van der Waals surface area contributed by atoms with E-state index < -0.39 is 23.4 Å². The van der Waals surface area contributed by atoms with Crippen molar-refractivity contribution in [2.75, 3.05) is 12.3 Å². The third kappa shape index (κ3) is 3.75. The number of anilines is 1.